The van der Waals surface area contributed by atoms with Gasteiger partial charge in [-0.2, -0.15) is 23.5 Å². The minimum Gasteiger partial charge on any atom is -0.387 e. The summed E-state index contributed by atoms with van der Waals surface area (Å²) >= 11 is 9.97. The normalized spacial score (nSPS) is 11.8. The van der Waals surface area contributed by atoms with Crippen LogP contribution in [0.5, 0.6) is 0 Å². The fourth-order valence-electron chi connectivity index (χ4n) is 1.07. The van der Waals surface area contributed by atoms with Gasteiger partial charge in [0.25, 0.3) is 0 Å². The molecule has 0 aliphatic carbocycles. The van der Waals surface area contributed by atoms with Crippen LogP contribution < -0.4 is 11.2 Å². The number of nitrogens with one attached hydrogen (secondary N) is 1. The van der Waals surface area contributed by atoms with Crippen molar-refractivity contribution < 1.29 is 13.2 Å². The number of nitriles is 1. The summed E-state index contributed by atoms with van der Waals surface area (Å²) in [5.41, 5.74) is 6.12. The Balaban J connectivity index is 3.06. The average Bonchev–Trinajstić information content (AvgIpc) is 2.30. The minimum absolute atomic E-state index is 0.000671. The first-order valence-corrected chi connectivity index (χ1v) is 5.44. The van der Waals surface area contributed by atoms with Crippen molar-refractivity contribution in [2.75, 3.05) is 5.43 Å². The number of alkyl halides is 3. The number of hydrazone groups is 1. The average molecular weight is 307 g/mol. The Bertz CT molecular complexity index is 577. The molecule has 1 rings (SSSR count). The van der Waals surface area contributed by atoms with Crippen LogP contribution in [0.25, 0.3) is 0 Å². The van der Waals surface area contributed by atoms with Gasteiger partial charge < -0.3 is 5.73 Å². The van der Waals surface area contributed by atoms with E-state index >= 15 is 0 Å². The molecule has 0 saturated carbocycles. The number of nitrogens with two attached hydrogens (primary N) is 1. The van der Waals surface area contributed by atoms with Gasteiger partial charge in [0.1, 0.15) is 11.1 Å². The van der Waals surface area contributed by atoms with Crippen molar-refractivity contribution in [2.24, 2.45) is 10.8 Å². The molecule has 0 atom stereocenters. The third-order valence-corrected chi connectivity index (χ3v) is 2.43. The molecular formula is C10H6ClF3N4S. The van der Waals surface area contributed by atoms with Gasteiger partial charge in [0.15, 0.2) is 5.71 Å². The summed E-state index contributed by atoms with van der Waals surface area (Å²) in [4.78, 5) is -0.264. The zero-order valence-corrected chi connectivity index (χ0v) is 10.7. The number of anilines is 1. The van der Waals surface area contributed by atoms with Gasteiger partial charge in [0.05, 0.1) is 16.3 Å². The third-order valence-electron chi connectivity index (χ3n) is 1.91. The van der Waals surface area contributed by atoms with E-state index in [2.05, 4.69) is 22.7 Å². The van der Waals surface area contributed by atoms with Crippen molar-refractivity contribution in [2.45, 2.75) is 6.18 Å². The quantitative estimate of drug-likeness (QED) is 0.511. The lowest BCUT2D eigenvalue weighted by molar-refractivity contribution is -0.137. The van der Waals surface area contributed by atoms with Crippen molar-refractivity contribution in [3.05, 3.63) is 28.8 Å². The van der Waals surface area contributed by atoms with Crippen molar-refractivity contribution >= 4 is 40.2 Å². The Morgan fingerprint density at radius 2 is 2.11 bits per heavy atom. The SMILES string of the molecule is N#C/C(=N/Nc1ccc(Cl)c(C(F)(F)F)c1)C(N)=S. The van der Waals surface area contributed by atoms with Crippen molar-refractivity contribution in [3.8, 4) is 6.07 Å². The van der Waals surface area contributed by atoms with Crippen LogP contribution in [0.4, 0.5) is 18.9 Å². The molecule has 0 aromatic heterocycles. The predicted octanol–water partition coefficient (Wildman–Crippen LogP) is 2.94. The Labute approximate surface area is 116 Å². The number of rotatable bonds is 3. The first-order valence-electron chi connectivity index (χ1n) is 4.66. The van der Waals surface area contributed by atoms with Crippen LogP contribution in [0, 0.1) is 11.3 Å². The second-order valence-electron chi connectivity index (χ2n) is 3.24. The molecule has 0 bridgehead atoms. The summed E-state index contributed by atoms with van der Waals surface area (Å²) in [5, 5.41) is 11.7. The molecule has 0 amide bonds. The van der Waals surface area contributed by atoms with E-state index in [4.69, 9.17) is 22.6 Å². The number of benzene rings is 1. The number of hydrogen-bond donors (Lipinski definition) is 2. The Kier molecular flexibility index (Phi) is 4.69. The highest BCUT2D eigenvalue weighted by molar-refractivity contribution is 7.82. The monoisotopic (exact) mass is 306 g/mol. The Morgan fingerprint density at radius 3 is 2.58 bits per heavy atom. The fraction of sp³-hybridized carbons (Fsp3) is 0.100. The van der Waals surface area contributed by atoms with Crippen LogP contribution in [0.15, 0.2) is 23.3 Å². The molecule has 0 spiro atoms. The highest BCUT2D eigenvalue weighted by Crippen LogP contribution is 2.36. The van der Waals surface area contributed by atoms with Gasteiger partial charge in [-0.1, -0.05) is 23.8 Å². The van der Waals surface area contributed by atoms with Crippen LogP contribution in [0.3, 0.4) is 0 Å². The molecular weight excluding hydrogens is 301 g/mol. The number of nitrogens with zero attached hydrogens (tertiary/aromatic N) is 2. The first-order chi connectivity index (χ1) is 8.75. The van der Waals surface area contributed by atoms with E-state index in [-0.39, 0.29) is 16.4 Å². The van der Waals surface area contributed by atoms with E-state index in [9.17, 15) is 13.2 Å². The third kappa shape index (κ3) is 4.08. The van der Waals surface area contributed by atoms with Crippen molar-refractivity contribution in [1.82, 2.24) is 0 Å². The smallest absolute Gasteiger partial charge is 0.387 e. The lowest BCUT2D eigenvalue weighted by atomic mass is 10.2. The van der Waals surface area contributed by atoms with Gasteiger partial charge in [-0.25, -0.2) is 0 Å². The molecule has 0 saturated heterocycles. The second-order valence-corrected chi connectivity index (χ2v) is 4.09. The standard InChI is InChI=1S/C10H6ClF3N4S/c11-7-2-1-5(3-6(7)10(12,13)14)17-18-8(4-15)9(16)19/h1-3,17H,(H2,16,19)/b18-8-. The van der Waals surface area contributed by atoms with Crippen LogP contribution in [0.1, 0.15) is 5.56 Å². The van der Waals surface area contributed by atoms with Crippen molar-refractivity contribution in [1.29, 1.82) is 5.26 Å². The molecule has 1 aromatic carbocycles. The molecule has 100 valence electrons. The molecule has 3 N–H and O–H groups in total. The first kappa shape index (κ1) is 15.2. The maximum Gasteiger partial charge on any atom is 0.417 e. The minimum atomic E-state index is -4.58. The molecule has 0 aliphatic heterocycles. The molecule has 0 aliphatic rings. The van der Waals surface area contributed by atoms with E-state index in [1.54, 1.807) is 6.07 Å². The van der Waals surface area contributed by atoms with Crippen LogP contribution in [-0.4, -0.2) is 10.7 Å². The van der Waals surface area contributed by atoms with Gasteiger partial charge in [-0.15, -0.1) is 0 Å². The van der Waals surface area contributed by atoms with E-state index in [1.807, 2.05) is 0 Å². The molecule has 0 radical (unpaired) electrons. The highest BCUT2D eigenvalue weighted by Gasteiger charge is 2.33. The topological polar surface area (TPSA) is 74.2 Å². The van der Waals surface area contributed by atoms with Gasteiger partial charge in [0.2, 0.25) is 0 Å². The predicted molar refractivity (Wildman–Crippen MR) is 69.9 cm³/mol. The van der Waals surface area contributed by atoms with Gasteiger partial charge in [-0.05, 0) is 18.2 Å². The lowest BCUT2D eigenvalue weighted by Gasteiger charge is -2.10. The maximum atomic E-state index is 12.6. The molecule has 4 nitrogen and oxygen atoms in total. The molecule has 9 heteroatoms. The highest BCUT2D eigenvalue weighted by atomic mass is 35.5. The summed E-state index contributed by atoms with van der Waals surface area (Å²) in [7, 11) is 0. The van der Waals surface area contributed by atoms with Gasteiger partial charge in [0, 0.05) is 0 Å². The molecule has 19 heavy (non-hydrogen) atoms. The molecule has 0 heterocycles. The second kappa shape index (κ2) is 5.86. The number of halogens is 4. The zero-order valence-electron chi connectivity index (χ0n) is 9.12. The van der Waals surface area contributed by atoms with Crippen molar-refractivity contribution in [3.63, 3.8) is 0 Å². The van der Waals surface area contributed by atoms with Gasteiger partial charge in [-0.3, -0.25) is 5.43 Å². The lowest BCUT2D eigenvalue weighted by Crippen LogP contribution is -2.20. The zero-order chi connectivity index (χ0) is 14.6. The van der Waals surface area contributed by atoms with E-state index < -0.39 is 16.8 Å². The summed E-state index contributed by atoms with van der Waals surface area (Å²) in [5.74, 6) is 0. The largest absolute Gasteiger partial charge is 0.417 e. The molecule has 1 aromatic rings. The van der Waals surface area contributed by atoms with Crippen LogP contribution >= 0.6 is 23.8 Å². The van der Waals surface area contributed by atoms with Crippen LogP contribution in [0.2, 0.25) is 5.02 Å². The number of thiocarbonyl (C=S) groups is 1. The summed E-state index contributed by atoms with van der Waals surface area (Å²) < 4.78 is 37.7. The number of hydrogen-bond acceptors (Lipinski definition) is 4. The van der Waals surface area contributed by atoms with E-state index in [0.717, 1.165) is 12.1 Å². The summed E-state index contributed by atoms with van der Waals surface area (Å²) in [6.07, 6.45) is -4.58. The van der Waals surface area contributed by atoms with E-state index in [1.165, 1.54) is 6.07 Å². The van der Waals surface area contributed by atoms with E-state index in [0.29, 0.717) is 0 Å². The summed E-state index contributed by atoms with van der Waals surface area (Å²) in [6, 6.07) is 4.70. The maximum absolute atomic E-state index is 12.6. The molecule has 0 unspecified atom stereocenters. The van der Waals surface area contributed by atoms with Gasteiger partial charge >= 0.3 is 6.18 Å². The Morgan fingerprint density at radius 1 is 1.47 bits per heavy atom. The fourth-order valence-corrected chi connectivity index (χ4v) is 1.38. The summed E-state index contributed by atoms with van der Waals surface area (Å²) in [6.45, 7) is 0. The van der Waals surface area contributed by atoms with Crippen LogP contribution in [-0.2, 0) is 6.18 Å². The Hall–Kier alpha value is -1.85. The molecule has 0 fully saturated rings.